The van der Waals surface area contributed by atoms with Crippen LogP contribution in [-0.4, -0.2) is 29.8 Å². The van der Waals surface area contributed by atoms with Crippen molar-refractivity contribution in [3.05, 3.63) is 29.8 Å². The number of nitrogens with one attached hydrogen (secondary N) is 1. The summed E-state index contributed by atoms with van der Waals surface area (Å²) < 4.78 is 0. The molecule has 0 bridgehead atoms. The topological polar surface area (TPSA) is 75.4 Å². The van der Waals surface area contributed by atoms with Crippen LogP contribution in [0.2, 0.25) is 0 Å². The smallest absolute Gasteiger partial charge is 0.241 e. The Morgan fingerprint density at radius 3 is 2.68 bits per heavy atom. The van der Waals surface area contributed by atoms with E-state index in [-0.39, 0.29) is 11.8 Å². The molecule has 1 aromatic carbocycles. The van der Waals surface area contributed by atoms with Crippen molar-refractivity contribution in [1.82, 2.24) is 4.90 Å². The lowest BCUT2D eigenvalue weighted by Gasteiger charge is -2.16. The highest BCUT2D eigenvalue weighted by Crippen LogP contribution is 2.12. The van der Waals surface area contributed by atoms with Crippen molar-refractivity contribution in [1.29, 1.82) is 0 Å². The van der Waals surface area contributed by atoms with Crippen LogP contribution in [0.3, 0.4) is 0 Å². The number of carbonyl (C=O) groups is 2. The zero-order valence-electron chi connectivity index (χ0n) is 11.6. The highest BCUT2D eigenvalue weighted by atomic mass is 16.2. The van der Waals surface area contributed by atoms with Crippen molar-refractivity contribution < 1.29 is 9.59 Å². The first kappa shape index (κ1) is 15.2. The average Bonchev–Trinajstić information content (AvgIpc) is 2.37. The molecule has 0 aromatic heterocycles. The highest BCUT2D eigenvalue weighted by molar-refractivity contribution is 5.94. The Balaban J connectivity index is 2.72. The van der Waals surface area contributed by atoms with Crippen molar-refractivity contribution in [2.45, 2.75) is 32.9 Å². The Labute approximate surface area is 113 Å². The molecule has 0 aliphatic heterocycles. The van der Waals surface area contributed by atoms with Gasteiger partial charge in [0.15, 0.2) is 0 Å². The maximum absolute atomic E-state index is 11.7. The number of benzene rings is 1. The second kappa shape index (κ2) is 6.89. The fourth-order valence-corrected chi connectivity index (χ4v) is 1.55. The number of hydrogen-bond donors (Lipinski definition) is 2. The Bertz CT molecular complexity index is 460. The third kappa shape index (κ3) is 4.71. The zero-order valence-corrected chi connectivity index (χ0v) is 11.6. The lowest BCUT2D eigenvalue weighted by atomic mass is 10.1. The second-order valence-electron chi connectivity index (χ2n) is 4.58. The van der Waals surface area contributed by atoms with Crippen LogP contribution < -0.4 is 11.1 Å². The first-order chi connectivity index (χ1) is 8.93. The molecule has 0 aliphatic rings. The van der Waals surface area contributed by atoms with E-state index in [4.69, 9.17) is 5.73 Å². The number of amides is 2. The van der Waals surface area contributed by atoms with Crippen LogP contribution in [0.25, 0.3) is 0 Å². The van der Waals surface area contributed by atoms with Crippen LogP contribution in [0.1, 0.15) is 25.8 Å². The number of carbonyl (C=O) groups excluding carboxylic acids is 2. The largest absolute Gasteiger partial charge is 0.342 e. The molecule has 0 fully saturated rings. The fraction of sp³-hybridized carbons (Fsp3) is 0.429. The van der Waals surface area contributed by atoms with Gasteiger partial charge in [0, 0.05) is 26.2 Å². The minimum Gasteiger partial charge on any atom is -0.342 e. The molecular weight excluding hydrogens is 242 g/mol. The van der Waals surface area contributed by atoms with E-state index in [9.17, 15) is 9.59 Å². The van der Waals surface area contributed by atoms with E-state index in [0.29, 0.717) is 18.7 Å². The summed E-state index contributed by atoms with van der Waals surface area (Å²) in [7, 11) is 1.74. The average molecular weight is 263 g/mol. The number of nitrogens with zero attached hydrogens (tertiary/aromatic N) is 1. The van der Waals surface area contributed by atoms with E-state index in [2.05, 4.69) is 5.32 Å². The fourth-order valence-electron chi connectivity index (χ4n) is 1.55. The van der Waals surface area contributed by atoms with Gasteiger partial charge in [-0.15, -0.1) is 0 Å². The molecule has 2 amide bonds. The van der Waals surface area contributed by atoms with Gasteiger partial charge in [-0.2, -0.15) is 0 Å². The summed E-state index contributed by atoms with van der Waals surface area (Å²) in [5.41, 5.74) is 7.31. The Hall–Kier alpha value is -1.88. The Morgan fingerprint density at radius 2 is 2.11 bits per heavy atom. The van der Waals surface area contributed by atoms with Gasteiger partial charge in [-0.05, 0) is 24.1 Å². The van der Waals surface area contributed by atoms with Gasteiger partial charge in [0.05, 0.1) is 6.04 Å². The van der Waals surface area contributed by atoms with Crippen LogP contribution in [0.5, 0.6) is 0 Å². The number of rotatable bonds is 5. The van der Waals surface area contributed by atoms with Crippen LogP contribution in [0, 0.1) is 0 Å². The molecule has 5 heteroatoms. The molecular formula is C14H21N3O2. The van der Waals surface area contributed by atoms with E-state index in [1.54, 1.807) is 18.0 Å². The van der Waals surface area contributed by atoms with E-state index >= 15 is 0 Å². The van der Waals surface area contributed by atoms with Crippen LogP contribution in [0.4, 0.5) is 5.69 Å². The van der Waals surface area contributed by atoms with Gasteiger partial charge in [-0.1, -0.05) is 19.1 Å². The lowest BCUT2D eigenvalue weighted by molar-refractivity contribution is -0.128. The molecule has 3 N–H and O–H groups in total. The lowest BCUT2D eigenvalue weighted by Crippen LogP contribution is -2.34. The van der Waals surface area contributed by atoms with E-state index in [1.165, 1.54) is 6.92 Å². The third-order valence-corrected chi connectivity index (χ3v) is 2.93. The van der Waals surface area contributed by atoms with Crippen molar-refractivity contribution in [3.8, 4) is 0 Å². The van der Waals surface area contributed by atoms with Crippen LogP contribution >= 0.6 is 0 Å². The van der Waals surface area contributed by atoms with Crippen molar-refractivity contribution in [2.24, 2.45) is 5.73 Å². The summed E-state index contributed by atoms with van der Waals surface area (Å²) in [6.45, 7) is 3.90. The Kier molecular flexibility index (Phi) is 5.51. The van der Waals surface area contributed by atoms with Gasteiger partial charge in [-0.25, -0.2) is 0 Å². The molecule has 1 atom stereocenters. The quantitative estimate of drug-likeness (QED) is 0.841. The van der Waals surface area contributed by atoms with Crippen molar-refractivity contribution in [3.63, 3.8) is 0 Å². The second-order valence-corrected chi connectivity index (χ2v) is 4.58. The van der Waals surface area contributed by atoms with Crippen LogP contribution in [0.15, 0.2) is 24.3 Å². The molecule has 19 heavy (non-hydrogen) atoms. The van der Waals surface area contributed by atoms with Gasteiger partial charge < -0.3 is 16.0 Å². The summed E-state index contributed by atoms with van der Waals surface area (Å²) in [5.74, 6) is -0.193. The number of anilines is 1. The van der Waals surface area contributed by atoms with Crippen molar-refractivity contribution in [2.75, 3.05) is 12.4 Å². The molecule has 0 unspecified atom stereocenters. The highest BCUT2D eigenvalue weighted by Gasteiger charge is 2.11. The summed E-state index contributed by atoms with van der Waals surface area (Å²) in [6.07, 6.45) is 0.596. The van der Waals surface area contributed by atoms with Gasteiger partial charge in [0.25, 0.3) is 0 Å². The minimum atomic E-state index is -0.497. The number of hydrogen-bond acceptors (Lipinski definition) is 3. The van der Waals surface area contributed by atoms with E-state index in [1.807, 2.05) is 25.1 Å². The van der Waals surface area contributed by atoms with Gasteiger partial charge in [-0.3, -0.25) is 9.59 Å². The maximum atomic E-state index is 11.7. The third-order valence-electron chi connectivity index (χ3n) is 2.93. The molecule has 0 spiro atoms. The molecule has 0 radical (unpaired) electrons. The van der Waals surface area contributed by atoms with E-state index < -0.39 is 6.04 Å². The minimum absolute atomic E-state index is 0.00226. The molecule has 1 aromatic rings. The molecule has 0 saturated heterocycles. The molecule has 5 nitrogen and oxygen atoms in total. The van der Waals surface area contributed by atoms with Gasteiger partial charge in [0.1, 0.15) is 0 Å². The molecule has 0 aliphatic carbocycles. The summed E-state index contributed by atoms with van der Waals surface area (Å²) >= 11 is 0. The van der Waals surface area contributed by atoms with Gasteiger partial charge in [0.2, 0.25) is 11.8 Å². The summed E-state index contributed by atoms with van der Waals surface area (Å²) in [6, 6.07) is 6.91. The maximum Gasteiger partial charge on any atom is 0.241 e. The standard InChI is InChI=1S/C14H21N3O2/c1-4-13(15)14(19)16-12-7-5-6-11(8-12)9-17(3)10(2)18/h5-8,13H,4,9,15H2,1-3H3,(H,16,19)/t13-/m1/s1. The van der Waals surface area contributed by atoms with E-state index in [0.717, 1.165) is 5.56 Å². The molecule has 0 saturated carbocycles. The first-order valence-electron chi connectivity index (χ1n) is 6.31. The summed E-state index contributed by atoms with van der Waals surface area (Å²) in [4.78, 5) is 24.5. The molecule has 0 heterocycles. The molecule has 1 rings (SSSR count). The summed E-state index contributed by atoms with van der Waals surface area (Å²) in [5, 5.41) is 2.77. The monoisotopic (exact) mass is 263 g/mol. The first-order valence-corrected chi connectivity index (χ1v) is 6.31. The SMILES string of the molecule is CC[C@@H](N)C(=O)Nc1cccc(CN(C)C(C)=O)c1. The zero-order chi connectivity index (χ0) is 14.4. The van der Waals surface area contributed by atoms with Crippen LogP contribution in [-0.2, 0) is 16.1 Å². The Morgan fingerprint density at radius 1 is 1.42 bits per heavy atom. The van der Waals surface area contributed by atoms with Gasteiger partial charge >= 0.3 is 0 Å². The predicted molar refractivity (Wildman–Crippen MR) is 75.5 cm³/mol. The predicted octanol–water partition coefficient (Wildman–Crippen LogP) is 1.34. The normalized spacial score (nSPS) is 11.8. The molecule has 104 valence electrons. The number of nitrogens with two attached hydrogens (primary N) is 1. The van der Waals surface area contributed by atoms with Crippen molar-refractivity contribution >= 4 is 17.5 Å².